The molecule has 0 aromatic heterocycles. The number of hydrogen-bond acceptors (Lipinski definition) is 3. The van der Waals surface area contributed by atoms with Crippen LogP contribution in [0.1, 0.15) is 27.2 Å². The average molecular weight is 215 g/mol. The molecule has 0 heterocycles. The molecular weight excluding hydrogens is 194 g/mol. The number of nitrogens with zero attached hydrogens (tertiary/aromatic N) is 1. The highest BCUT2D eigenvalue weighted by molar-refractivity contribution is 5.87. The summed E-state index contributed by atoms with van der Waals surface area (Å²) in [6.45, 7) is 5.19. The third kappa shape index (κ3) is 6.06. The lowest BCUT2D eigenvalue weighted by molar-refractivity contribution is -0.134. The summed E-state index contributed by atoms with van der Waals surface area (Å²) in [7, 11) is 3.30. The molecule has 15 heavy (non-hydrogen) atoms. The van der Waals surface area contributed by atoms with Gasteiger partial charge in [0.15, 0.2) is 0 Å². The summed E-state index contributed by atoms with van der Waals surface area (Å²) in [4.78, 5) is 24.3. The molecule has 0 radical (unpaired) electrons. The van der Waals surface area contributed by atoms with Gasteiger partial charge in [0.05, 0.1) is 0 Å². The number of nitrogens with one attached hydrogen (secondary N) is 1. The van der Waals surface area contributed by atoms with E-state index in [0.29, 0.717) is 0 Å². The van der Waals surface area contributed by atoms with E-state index in [1.54, 1.807) is 34.9 Å². The van der Waals surface area contributed by atoms with Gasteiger partial charge in [-0.05, 0) is 20.8 Å². The van der Waals surface area contributed by atoms with Crippen molar-refractivity contribution >= 4 is 11.8 Å². The number of carbonyl (C=O) groups excluding carboxylic acids is 2. The van der Waals surface area contributed by atoms with E-state index in [1.165, 1.54) is 4.90 Å². The first-order valence-electron chi connectivity index (χ1n) is 4.93. The molecule has 5 heteroatoms. The minimum atomic E-state index is -0.551. The molecule has 0 aliphatic rings. The molecule has 0 spiro atoms. The Morgan fingerprint density at radius 3 is 2.20 bits per heavy atom. The highest BCUT2D eigenvalue weighted by Gasteiger charge is 2.21. The molecule has 1 atom stereocenters. The van der Waals surface area contributed by atoms with Crippen molar-refractivity contribution in [1.29, 1.82) is 0 Å². The van der Waals surface area contributed by atoms with Gasteiger partial charge in [-0.15, -0.1) is 0 Å². The highest BCUT2D eigenvalue weighted by Crippen LogP contribution is 2.03. The Bertz CT molecular complexity index is 244. The normalized spacial score (nSPS) is 13.2. The molecular formula is C10H21N3O2. The first-order valence-corrected chi connectivity index (χ1v) is 4.93. The van der Waals surface area contributed by atoms with Crippen LogP contribution in [0, 0.1) is 0 Å². The van der Waals surface area contributed by atoms with Gasteiger partial charge in [0.1, 0.15) is 6.04 Å². The number of amides is 2. The van der Waals surface area contributed by atoms with E-state index in [2.05, 4.69) is 5.32 Å². The van der Waals surface area contributed by atoms with Crippen LogP contribution in [-0.4, -0.2) is 42.4 Å². The van der Waals surface area contributed by atoms with Crippen LogP contribution in [-0.2, 0) is 9.59 Å². The first-order chi connectivity index (χ1) is 6.63. The van der Waals surface area contributed by atoms with E-state index < -0.39 is 11.6 Å². The molecule has 3 N–H and O–H groups in total. The Hall–Kier alpha value is -1.10. The van der Waals surface area contributed by atoms with Crippen molar-refractivity contribution in [2.75, 3.05) is 14.1 Å². The van der Waals surface area contributed by atoms with Gasteiger partial charge in [-0.3, -0.25) is 9.59 Å². The van der Waals surface area contributed by atoms with Crippen LogP contribution >= 0.6 is 0 Å². The summed E-state index contributed by atoms with van der Waals surface area (Å²) >= 11 is 0. The molecule has 0 bridgehead atoms. The fourth-order valence-electron chi connectivity index (χ4n) is 1.16. The molecule has 0 saturated carbocycles. The molecule has 5 nitrogen and oxygen atoms in total. The zero-order valence-corrected chi connectivity index (χ0v) is 10.1. The largest absolute Gasteiger partial charge is 0.347 e. The molecule has 0 aliphatic heterocycles. The van der Waals surface area contributed by atoms with Crippen LogP contribution in [0.15, 0.2) is 0 Å². The maximum Gasteiger partial charge on any atom is 0.244 e. The van der Waals surface area contributed by atoms with E-state index in [-0.39, 0.29) is 18.2 Å². The number of carbonyl (C=O) groups is 2. The third-order valence-corrected chi connectivity index (χ3v) is 1.80. The third-order valence-electron chi connectivity index (χ3n) is 1.80. The second-order valence-electron chi connectivity index (χ2n) is 4.69. The zero-order chi connectivity index (χ0) is 12.2. The Balaban J connectivity index is 4.14. The topological polar surface area (TPSA) is 75.4 Å². The fraction of sp³-hybridized carbons (Fsp3) is 0.800. The SMILES string of the molecule is CC(NC(=O)CC(C)(C)N)C(=O)N(C)C. The smallest absolute Gasteiger partial charge is 0.244 e. The molecule has 0 aromatic rings. The Kier molecular flexibility index (Phi) is 4.74. The van der Waals surface area contributed by atoms with E-state index in [1.807, 2.05) is 0 Å². The average Bonchev–Trinajstić information content (AvgIpc) is 1.98. The van der Waals surface area contributed by atoms with Gasteiger partial charge in [-0.25, -0.2) is 0 Å². The van der Waals surface area contributed by atoms with Gasteiger partial charge in [-0.1, -0.05) is 0 Å². The predicted octanol–water partition coefficient (Wildman–Crippen LogP) is -0.293. The summed E-state index contributed by atoms with van der Waals surface area (Å²) in [6, 6.07) is -0.505. The Morgan fingerprint density at radius 1 is 1.40 bits per heavy atom. The molecule has 88 valence electrons. The lowest BCUT2D eigenvalue weighted by atomic mass is 10.0. The number of nitrogens with two attached hydrogens (primary N) is 1. The molecule has 0 aliphatic carbocycles. The van der Waals surface area contributed by atoms with E-state index in [9.17, 15) is 9.59 Å². The second kappa shape index (κ2) is 5.11. The minimum Gasteiger partial charge on any atom is -0.347 e. The van der Waals surface area contributed by atoms with Gasteiger partial charge in [-0.2, -0.15) is 0 Å². The number of hydrogen-bond donors (Lipinski definition) is 2. The summed E-state index contributed by atoms with van der Waals surface area (Å²) in [6.07, 6.45) is 0.206. The Labute approximate surface area is 91.0 Å². The van der Waals surface area contributed by atoms with Crippen LogP contribution in [0.2, 0.25) is 0 Å². The van der Waals surface area contributed by atoms with E-state index in [4.69, 9.17) is 5.73 Å². The van der Waals surface area contributed by atoms with Crippen molar-refractivity contribution in [3.05, 3.63) is 0 Å². The maximum atomic E-state index is 11.4. The standard InChI is InChI=1S/C10H21N3O2/c1-7(9(15)13(4)5)12-8(14)6-10(2,3)11/h7H,6,11H2,1-5H3,(H,12,14). The van der Waals surface area contributed by atoms with Gasteiger partial charge in [0.2, 0.25) is 11.8 Å². The predicted molar refractivity (Wildman–Crippen MR) is 59.2 cm³/mol. The number of rotatable bonds is 4. The molecule has 0 fully saturated rings. The monoisotopic (exact) mass is 215 g/mol. The van der Waals surface area contributed by atoms with Crippen molar-refractivity contribution in [2.24, 2.45) is 5.73 Å². The van der Waals surface area contributed by atoms with Crippen molar-refractivity contribution in [3.63, 3.8) is 0 Å². The lowest BCUT2D eigenvalue weighted by Gasteiger charge is -2.21. The molecule has 0 aromatic carbocycles. The molecule has 0 saturated heterocycles. The molecule has 0 rings (SSSR count). The van der Waals surface area contributed by atoms with Gasteiger partial charge in [0, 0.05) is 26.1 Å². The summed E-state index contributed by atoms with van der Waals surface area (Å²) in [5.41, 5.74) is 5.14. The van der Waals surface area contributed by atoms with E-state index >= 15 is 0 Å². The lowest BCUT2D eigenvalue weighted by Crippen LogP contribution is -2.47. The van der Waals surface area contributed by atoms with Crippen LogP contribution in [0.5, 0.6) is 0 Å². The zero-order valence-electron chi connectivity index (χ0n) is 10.1. The molecule has 2 amide bonds. The highest BCUT2D eigenvalue weighted by atomic mass is 16.2. The molecule has 1 unspecified atom stereocenters. The Morgan fingerprint density at radius 2 is 1.87 bits per heavy atom. The summed E-state index contributed by atoms with van der Waals surface area (Å²) in [5, 5.41) is 2.61. The van der Waals surface area contributed by atoms with Crippen LogP contribution in [0.25, 0.3) is 0 Å². The van der Waals surface area contributed by atoms with Crippen molar-refractivity contribution in [1.82, 2.24) is 10.2 Å². The van der Waals surface area contributed by atoms with Gasteiger partial charge < -0.3 is 16.0 Å². The van der Waals surface area contributed by atoms with Crippen molar-refractivity contribution in [3.8, 4) is 0 Å². The summed E-state index contributed by atoms with van der Waals surface area (Å²) < 4.78 is 0. The van der Waals surface area contributed by atoms with Crippen LogP contribution in [0.4, 0.5) is 0 Å². The van der Waals surface area contributed by atoms with E-state index in [0.717, 1.165) is 0 Å². The second-order valence-corrected chi connectivity index (χ2v) is 4.69. The summed E-state index contributed by atoms with van der Waals surface area (Å²) in [5.74, 6) is -0.330. The van der Waals surface area contributed by atoms with Crippen molar-refractivity contribution in [2.45, 2.75) is 38.8 Å². The quantitative estimate of drug-likeness (QED) is 0.676. The number of likely N-dealkylation sites (N-methyl/N-ethyl adjacent to an activating group) is 1. The van der Waals surface area contributed by atoms with Crippen LogP contribution < -0.4 is 11.1 Å². The fourth-order valence-corrected chi connectivity index (χ4v) is 1.16. The van der Waals surface area contributed by atoms with Crippen molar-refractivity contribution < 1.29 is 9.59 Å². The van der Waals surface area contributed by atoms with Gasteiger partial charge in [0.25, 0.3) is 0 Å². The first kappa shape index (κ1) is 13.9. The minimum absolute atomic E-state index is 0.127. The maximum absolute atomic E-state index is 11.4. The van der Waals surface area contributed by atoms with Crippen LogP contribution in [0.3, 0.4) is 0 Å². The van der Waals surface area contributed by atoms with Gasteiger partial charge >= 0.3 is 0 Å².